The number of amides is 1. The summed E-state index contributed by atoms with van der Waals surface area (Å²) in [5, 5.41) is 3.71. The topological polar surface area (TPSA) is 32.3 Å². The number of likely N-dealkylation sites (N-methyl/N-ethyl adjacent to an activating group) is 1. The van der Waals surface area contributed by atoms with Crippen molar-refractivity contribution in [1.29, 1.82) is 0 Å². The summed E-state index contributed by atoms with van der Waals surface area (Å²) in [5.41, 5.74) is 2.03. The second kappa shape index (κ2) is 7.97. The highest BCUT2D eigenvalue weighted by Crippen LogP contribution is 2.19. The van der Waals surface area contributed by atoms with E-state index in [2.05, 4.69) is 5.32 Å². The Morgan fingerprint density at radius 3 is 2.36 bits per heavy atom. The maximum absolute atomic E-state index is 12.6. The normalized spacial score (nSPS) is 12.2. The molecule has 3 nitrogen and oxygen atoms in total. The standard InChI is InChI=1S/C18H21ClN2O/c1-3-21(2)17(15-7-5-4-6-8-15)18(22)20-13-14-9-11-16(19)12-10-14/h4-12,17H,3,13H2,1-2H3,(H,20,22)/t17-/m1/s1. The summed E-state index contributed by atoms with van der Waals surface area (Å²) < 4.78 is 0. The average molecular weight is 317 g/mol. The Morgan fingerprint density at radius 2 is 1.77 bits per heavy atom. The molecule has 116 valence electrons. The number of nitrogens with zero attached hydrogens (tertiary/aromatic N) is 1. The molecule has 2 aromatic rings. The van der Waals surface area contributed by atoms with Crippen LogP contribution in [0.2, 0.25) is 5.02 Å². The van der Waals surface area contributed by atoms with E-state index in [0.29, 0.717) is 11.6 Å². The number of hydrogen-bond donors (Lipinski definition) is 1. The van der Waals surface area contributed by atoms with Crippen LogP contribution in [0.5, 0.6) is 0 Å². The van der Waals surface area contributed by atoms with Gasteiger partial charge in [-0.25, -0.2) is 0 Å². The lowest BCUT2D eigenvalue weighted by molar-refractivity contribution is -0.126. The maximum atomic E-state index is 12.6. The molecule has 0 saturated carbocycles. The highest BCUT2D eigenvalue weighted by Gasteiger charge is 2.23. The second-order valence-electron chi connectivity index (χ2n) is 5.23. The first kappa shape index (κ1) is 16.5. The monoisotopic (exact) mass is 316 g/mol. The predicted octanol–water partition coefficient (Wildman–Crippen LogP) is 3.65. The van der Waals surface area contributed by atoms with Crippen molar-refractivity contribution in [3.63, 3.8) is 0 Å². The first-order valence-electron chi connectivity index (χ1n) is 7.39. The van der Waals surface area contributed by atoms with Crippen LogP contribution in [0, 0.1) is 0 Å². The van der Waals surface area contributed by atoms with E-state index in [1.807, 2.05) is 73.5 Å². The van der Waals surface area contributed by atoms with Crippen LogP contribution in [-0.2, 0) is 11.3 Å². The number of benzene rings is 2. The molecule has 2 aromatic carbocycles. The van der Waals surface area contributed by atoms with Gasteiger partial charge in [-0.1, -0.05) is 61.0 Å². The minimum atomic E-state index is -0.279. The van der Waals surface area contributed by atoms with E-state index < -0.39 is 0 Å². The molecule has 0 unspecified atom stereocenters. The van der Waals surface area contributed by atoms with Crippen molar-refractivity contribution in [2.45, 2.75) is 19.5 Å². The molecule has 0 radical (unpaired) electrons. The molecule has 0 saturated heterocycles. The Balaban J connectivity index is 2.07. The third kappa shape index (κ3) is 4.33. The number of rotatable bonds is 6. The van der Waals surface area contributed by atoms with E-state index >= 15 is 0 Å². The molecule has 0 aliphatic heterocycles. The van der Waals surface area contributed by atoms with Crippen molar-refractivity contribution in [2.75, 3.05) is 13.6 Å². The number of nitrogens with one attached hydrogen (secondary N) is 1. The van der Waals surface area contributed by atoms with Crippen LogP contribution in [0.3, 0.4) is 0 Å². The van der Waals surface area contributed by atoms with Crippen LogP contribution in [0.1, 0.15) is 24.1 Å². The molecule has 1 amide bonds. The van der Waals surface area contributed by atoms with Gasteiger partial charge in [-0.05, 0) is 36.9 Å². The fourth-order valence-electron chi connectivity index (χ4n) is 2.31. The molecule has 0 bridgehead atoms. The SMILES string of the molecule is CCN(C)[C@@H](C(=O)NCc1ccc(Cl)cc1)c1ccccc1. The lowest BCUT2D eigenvalue weighted by Gasteiger charge is -2.26. The summed E-state index contributed by atoms with van der Waals surface area (Å²) in [6.45, 7) is 3.34. The van der Waals surface area contributed by atoms with Gasteiger partial charge in [-0.3, -0.25) is 9.69 Å². The van der Waals surface area contributed by atoms with Crippen molar-refractivity contribution in [2.24, 2.45) is 0 Å². The Labute approximate surface area is 136 Å². The Kier molecular flexibility index (Phi) is 5.99. The summed E-state index contributed by atoms with van der Waals surface area (Å²) >= 11 is 5.87. The molecule has 1 N–H and O–H groups in total. The second-order valence-corrected chi connectivity index (χ2v) is 5.67. The van der Waals surface area contributed by atoms with Crippen LogP contribution < -0.4 is 5.32 Å². The summed E-state index contributed by atoms with van der Waals surface area (Å²) in [6.07, 6.45) is 0. The first-order valence-corrected chi connectivity index (χ1v) is 7.77. The largest absolute Gasteiger partial charge is 0.350 e. The minimum absolute atomic E-state index is 0.00509. The van der Waals surface area contributed by atoms with E-state index in [9.17, 15) is 4.79 Å². The molecule has 0 heterocycles. The first-order chi connectivity index (χ1) is 10.6. The van der Waals surface area contributed by atoms with Crippen LogP contribution in [0.4, 0.5) is 0 Å². The minimum Gasteiger partial charge on any atom is -0.350 e. The van der Waals surface area contributed by atoms with E-state index in [0.717, 1.165) is 17.7 Å². The third-order valence-corrected chi connectivity index (χ3v) is 3.94. The third-order valence-electron chi connectivity index (χ3n) is 3.68. The summed E-state index contributed by atoms with van der Waals surface area (Å²) in [6, 6.07) is 17.1. The predicted molar refractivity (Wildman–Crippen MR) is 90.8 cm³/mol. The Morgan fingerprint density at radius 1 is 1.14 bits per heavy atom. The number of halogens is 1. The Bertz CT molecular complexity index is 598. The van der Waals surface area contributed by atoms with E-state index in [1.165, 1.54) is 0 Å². The molecule has 0 aliphatic carbocycles. The molecule has 22 heavy (non-hydrogen) atoms. The van der Waals surface area contributed by atoms with Crippen LogP contribution in [-0.4, -0.2) is 24.4 Å². The van der Waals surface area contributed by atoms with Gasteiger partial charge < -0.3 is 5.32 Å². The van der Waals surface area contributed by atoms with E-state index in [4.69, 9.17) is 11.6 Å². The molecule has 0 aromatic heterocycles. The smallest absolute Gasteiger partial charge is 0.242 e. The van der Waals surface area contributed by atoms with Gasteiger partial charge in [-0.15, -0.1) is 0 Å². The number of carbonyl (C=O) groups excluding carboxylic acids is 1. The number of hydrogen-bond acceptors (Lipinski definition) is 2. The van der Waals surface area contributed by atoms with Gasteiger partial charge in [0, 0.05) is 11.6 Å². The van der Waals surface area contributed by atoms with Crippen molar-refractivity contribution in [1.82, 2.24) is 10.2 Å². The van der Waals surface area contributed by atoms with Gasteiger partial charge in [-0.2, -0.15) is 0 Å². The molecule has 0 spiro atoms. The van der Waals surface area contributed by atoms with Crippen molar-refractivity contribution >= 4 is 17.5 Å². The molecular weight excluding hydrogens is 296 g/mol. The van der Waals surface area contributed by atoms with Gasteiger partial charge in [0.05, 0.1) is 0 Å². The van der Waals surface area contributed by atoms with E-state index in [-0.39, 0.29) is 11.9 Å². The van der Waals surface area contributed by atoms with Gasteiger partial charge in [0.15, 0.2) is 0 Å². The van der Waals surface area contributed by atoms with Gasteiger partial charge in [0.2, 0.25) is 5.91 Å². The van der Waals surface area contributed by atoms with Gasteiger partial charge >= 0.3 is 0 Å². The van der Waals surface area contributed by atoms with E-state index in [1.54, 1.807) is 0 Å². The zero-order valence-electron chi connectivity index (χ0n) is 12.9. The highest BCUT2D eigenvalue weighted by molar-refractivity contribution is 6.30. The summed E-state index contributed by atoms with van der Waals surface area (Å²) in [5.74, 6) is 0.00509. The molecular formula is C18H21ClN2O. The van der Waals surface area contributed by atoms with Crippen molar-refractivity contribution in [3.8, 4) is 0 Å². The highest BCUT2D eigenvalue weighted by atomic mass is 35.5. The number of carbonyl (C=O) groups is 1. The quantitative estimate of drug-likeness (QED) is 0.882. The van der Waals surface area contributed by atoms with Crippen LogP contribution >= 0.6 is 11.6 Å². The zero-order chi connectivity index (χ0) is 15.9. The Hall–Kier alpha value is -1.84. The van der Waals surface area contributed by atoms with Crippen LogP contribution in [0.25, 0.3) is 0 Å². The molecule has 4 heteroatoms. The molecule has 1 atom stereocenters. The lowest BCUT2D eigenvalue weighted by atomic mass is 10.0. The van der Waals surface area contributed by atoms with Crippen molar-refractivity contribution < 1.29 is 4.79 Å². The maximum Gasteiger partial charge on any atom is 0.242 e. The fraction of sp³-hybridized carbons (Fsp3) is 0.278. The zero-order valence-corrected chi connectivity index (χ0v) is 13.7. The van der Waals surface area contributed by atoms with Gasteiger partial charge in [0.25, 0.3) is 0 Å². The summed E-state index contributed by atoms with van der Waals surface area (Å²) in [7, 11) is 1.96. The van der Waals surface area contributed by atoms with Crippen LogP contribution in [0.15, 0.2) is 54.6 Å². The summed E-state index contributed by atoms with van der Waals surface area (Å²) in [4.78, 5) is 14.6. The molecule has 0 fully saturated rings. The molecule has 2 rings (SSSR count). The van der Waals surface area contributed by atoms with Crippen molar-refractivity contribution in [3.05, 3.63) is 70.7 Å². The fourth-order valence-corrected chi connectivity index (χ4v) is 2.44. The molecule has 0 aliphatic rings. The lowest BCUT2D eigenvalue weighted by Crippen LogP contribution is -2.38. The van der Waals surface area contributed by atoms with Gasteiger partial charge in [0.1, 0.15) is 6.04 Å². The average Bonchev–Trinajstić information content (AvgIpc) is 2.55.